The number of hydrogen-bond acceptors (Lipinski definition) is 3. The summed E-state index contributed by atoms with van der Waals surface area (Å²) in [5.74, 6) is 1.47. The second kappa shape index (κ2) is 9.55. The summed E-state index contributed by atoms with van der Waals surface area (Å²) in [4.78, 5) is 15.0. The smallest absolute Gasteiger partial charge is 0.261 e. The second-order valence-electron chi connectivity index (χ2n) is 8.98. The van der Waals surface area contributed by atoms with Gasteiger partial charge in [-0.1, -0.05) is 25.1 Å². The lowest BCUT2D eigenvalue weighted by atomic mass is 9.92. The van der Waals surface area contributed by atoms with E-state index in [0.717, 1.165) is 43.2 Å². The molecule has 0 aromatic heterocycles. The fraction of sp³-hybridized carbons (Fsp3) is 0.500. The zero-order valence-corrected chi connectivity index (χ0v) is 18.3. The number of nitrogens with zero attached hydrogens (tertiary/aromatic N) is 1. The minimum atomic E-state index is -0.513. The standard InChI is InChI=1S/C26H34N2O2/c1-19-6-5-15-28(18-19)24-12-9-21(10-13-24)17-27-26(29)20(2)30-25-14-11-22-7-3-4-8-23(22)16-25/h9-14,16,19-20H,3-8,15,17-18H2,1-2H3,(H,27,29)/t19-,20+/m1/s1. The minimum absolute atomic E-state index is 0.0818. The van der Waals surface area contributed by atoms with Crippen LogP contribution in [0.25, 0.3) is 0 Å². The van der Waals surface area contributed by atoms with Crippen molar-refractivity contribution >= 4 is 11.6 Å². The maximum absolute atomic E-state index is 12.5. The van der Waals surface area contributed by atoms with Gasteiger partial charge in [0.05, 0.1) is 0 Å². The Morgan fingerprint density at radius 3 is 2.63 bits per heavy atom. The van der Waals surface area contributed by atoms with Gasteiger partial charge in [0.15, 0.2) is 6.10 Å². The summed E-state index contributed by atoms with van der Waals surface area (Å²) in [6.45, 7) is 6.93. The van der Waals surface area contributed by atoms with Gasteiger partial charge in [-0.2, -0.15) is 0 Å². The quantitative estimate of drug-likeness (QED) is 0.743. The molecule has 1 heterocycles. The van der Waals surface area contributed by atoms with E-state index in [0.29, 0.717) is 6.54 Å². The van der Waals surface area contributed by atoms with E-state index in [2.05, 4.69) is 53.5 Å². The Labute approximate surface area is 180 Å². The van der Waals surface area contributed by atoms with Crippen molar-refractivity contribution in [1.29, 1.82) is 0 Å². The molecule has 1 amide bonds. The van der Waals surface area contributed by atoms with Crippen LogP contribution in [0.1, 0.15) is 56.2 Å². The third-order valence-corrected chi connectivity index (χ3v) is 6.43. The first-order chi connectivity index (χ1) is 14.6. The zero-order valence-electron chi connectivity index (χ0n) is 18.3. The maximum atomic E-state index is 12.5. The molecule has 0 bridgehead atoms. The van der Waals surface area contributed by atoms with E-state index in [1.165, 1.54) is 42.5 Å². The number of carbonyl (C=O) groups excluding carboxylic acids is 1. The second-order valence-corrected chi connectivity index (χ2v) is 8.98. The van der Waals surface area contributed by atoms with Crippen molar-refractivity contribution in [2.24, 2.45) is 5.92 Å². The normalized spacial score (nSPS) is 19.7. The highest BCUT2D eigenvalue weighted by molar-refractivity contribution is 5.80. The SMILES string of the molecule is C[C@@H]1CCCN(c2ccc(CNC(=O)[C@H](C)Oc3ccc4c(c3)CCCC4)cc2)C1. The molecule has 4 nitrogen and oxygen atoms in total. The minimum Gasteiger partial charge on any atom is -0.481 e. The molecule has 0 radical (unpaired) electrons. The number of nitrogens with one attached hydrogen (secondary N) is 1. The summed E-state index contributed by atoms with van der Waals surface area (Å²) in [7, 11) is 0. The molecule has 2 aromatic rings. The Bertz CT molecular complexity index is 862. The predicted octanol–water partition coefficient (Wildman–Crippen LogP) is 4.89. The number of benzene rings is 2. The van der Waals surface area contributed by atoms with Gasteiger partial charge in [0.25, 0.3) is 5.91 Å². The highest BCUT2D eigenvalue weighted by Gasteiger charge is 2.18. The first-order valence-electron chi connectivity index (χ1n) is 11.5. The number of rotatable bonds is 6. The van der Waals surface area contributed by atoms with Crippen LogP contribution >= 0.6 is 0 Å². The molecular weight excluding hydrogens is 372 g/mol. The van der Waals surface area contributed by atoms with Crippen LogP contribution in [-0.4, -0.2) is 25.1 Å². The van der Waals surface area contributed by atoms with Crippen molar-refractivity contribution in [3.8, 4) is 5.75 Å². The molecule has 1 aliphatic heterocycles. The van der Waals surface area contributed by atoms with E-state index in [4.69, 9.17) is 4.74 Å². The van der Waals surface area contributed by atoms with Crippen LogP contribution in [0.3, 0.4) is 0 Å². The molecule has 0 spiro atoms. The number of fused-ring (bicyclic) bond motifs is 1. The summed E-state index contributed by atoms with van der Waals surface area (Å²) in [6.07, 6.45) is 6.85. The van der Waals surface area contributed by atoms with E-state index in [9.17, 15) is 4.79 Å². The average molecular weight is 407 g/mol. The Kier molecular flexibility index (Phi) is 6.61. The van der Waals surface area contributed by atoms with Gasteiger partial charge in [0, 0.05) is 25.3 Å². The number of hydrogen-bond donors (Lipinski definition) is 1. The molecule has 4 heteroatoms. The van der Waals surface area contributed by atoms with E-state index < -0.39 is 6.10 Å². The van der Waals surface area contributed by atoms with Gasteiger partial charge in [-0.25, -0.2) is 0 Å². The first-order valence-corrected chi connectivity index (χ1v) is 11.5. The summed E-state index contributed by atoms with van der Waals surface area (Å²) in [5.41, 5.74) is 5.18. The topological polar surface area (TPSA) is 41.6 Å². The van der Waals surface area contributed by atoms with Crippen LogP contribution in [0, 0.1) is 5.92 Å². The number of amides is 1. The van der Waals surface area contributed by atoms with E-state index in [1.54, 1.807) is 0 Å². The van der Waals surface area contributed by atoms with Gasteiger partial charge < -0.3 is 15.0 Å². The average Bonchev–Trinajstić information content (AvgIpc) is 2.77. The Balaban J connectivity index is 1.27. The van der Waals surface area contributed by atoms with Gasteiger partial charge >= 0.3 is 0 Å². The number of piperidine rings is 1. The first kappa shape index (κ1) is 20.8. The molecule has 2 aliphatic rings. The lowest BCUT2D eigenvalue weighted by molar-refractivity contribution is -0.127. The van der Waals surface area contributed by atoms with Crippen molar-refractivity contribution in [1.82, 2.24) is 5.32 Å². The van der Waals surface area contributed by atoms with Crippen molar-refractivity contribution in [2.45, 2.75) is 65.0 Å². The van der Waals surface area contributed by atoms with Crippen LogP contribution in [0.2, 0.25) is 0 Å². The van der Waals surface area contributed by atoms with Crippen molar-refractivity contribution < 1.29 is 9.53 Å². The zero-order chi connectivity index (χ0) is 20.9. The number of ether oxygens (including phenoxy) is 1. The van der Waals surface area contributed by atoms with Crippen LogP contribution in [0.4, 0.5) is 5.69 Å². The van der Waals surface area contributed by atoms with Gasteiger partial charge in [-0.05, 0) is 92.3 Å². The number of aryl methyl sites for hydroxylation is 2. The fourth-order valence-corrected chi connectivity index (χ4v) is 4.62. The Morgan fingerprint density at radius 2 is 1.87 bits per heavy atom. The molecule has 0 saturated carbocycles. The molecule has 0 unspecified atom stereocenters. The van der Waals surface area contributed by atoms with Crippen molar-refractivity contribution in [2.75, 3.05) is 18.0 Å². The molecule has 1 fully saturated rings. The van der Waals surface area contributed by atoms with Crippen molar-refractivity contribution in [3.05, 3.63) is 59.2 Å². The van der Waals surface area contributed by atoms with E-state index in [1.807, 2.05) is 13.0 Å². The molecular formula is C26H34N2O2. The molecule has 1 N–H and O–H groups in total. The molecule has 30 heavy (non-hydrogen) atoms. The summed E-state index contributed by atoms with van der Waals surface area (Å²) >= 11 is 0. The molecule has 1 saturated heterocycles. The molecule has 2 aromatic carbocycles. The molecule has 1 aliphatic carbocycles. The van der Waals surface area contributed by atoms with Crippen LogP contribution in [-0.2, 0) is 24.2 Å². The highest BCUT2D eigenvalue weighted by Crippen LogP contribution is 2.26. The Morgan fingerprint density at radius 1 is 1.10 bits per heavy atom. The largest absolute Gasteiger partial charge is 0.481 e. The molecule has 4 rings (SSSR count). The molecule has 160 valence electrons. The molecule has 2 atom stereocenters. The van der Waals surface area contributed by atoms with E-state index in [-0.39, 0.29) is 5.91 Å². The van der Waals surface area contributed by atoms with Gasteiger partial charge in [-0.15, -0.1) is 0 Å². The predicted molar refractivity (Wildman–Crippen MR) is 122 cm³/mol. The monoisotopic (exact) mass is 406 g/mol. The third-order valence-electron chi connectivity index (χ3n) is 6.43. The van der Waals surface area contributed by atoms with Crippen molar-refractivity contribution in [3.63, 3.8) is 0 Å². The number of carbonyl (C=O) groups is 1. The highest BCUT2D eigenvalue weighted by atomic mass is 16.5. The van der Waals surface area contributed by atoms with Gasteiger partial charge in [0.2, 0.25) is 0 Å². The Hall–Kier alpha value is -2.49. The maximum Gasteiger partial charge on any atom is 0.261 e. The van der Waals surface area contributed by atoms with Gasteiger partial charge in [-0.3, -0.25) is 4.79 Å². The van der Waals surface area contributed by atoms with Crippen LogP contribution in [0.15, 0.2) is 42.5 Å². The van der Waals surface area contributed by atoms with Crippen LogP contribution < -0.4 is 15.0 Å². The lowest BCUT2D eigenvalue weighted by Crippen LogP contribution is -2.36. The summed E-state index contributed by atoms with van der Waals surface area (Å²) in [5, 5.41) is 3.01. The van der Waals surface area contributed by atoms with E-state index >= 15 is 0 Å². The lowest BCUT2D eigenvalue weighted by Gasteiger charge is -2.32. The van der Waals surface area contributed by atoms with Crippen LogP contribution in [0.5, 0.6) is 5.75 Å². The van der Waals surface area contributed by atoms with Gasteiger partial charge in [0.1, 0.15) is 5.75 Å². The number of anilines is 1. The fourth-order valence-electron chi connectivity index (χ4n) is 4.62. The third kappa shape index (κ3) is 5.16. The summed E-state index contributed by atoms with van der Waals surface area (Å²) in [6, 6.07) is 14.8. The summed E-state index contributed by atoms with van der Waals surface area (Å²) < 4.78 is 5.92.